The Morgan fingerprint density at radius 1 is 1.02 bits per heavy atom. The summed E-state index contributed by atoms with van der Waals surface area (Å²) < 4.78 is 5.67. The fraction of sp³-hybridized carbons (Fsp3) is 0.471. The van der Waals surface area contributed by atoms with Crippen LogP contribution in [0.2, 0.25) is 0 Å². The van der Waals surface area contributed by atoms with Crippen LogP contribution in [-0.4, -0.2) is 83.3 Å². The number of aromatic nitrogens is 2. The first-order chi connectivity index (χ1) is 21.5. The highest BCUT2D eigenvalue weighted by atomic mass is 16.6. The maximum atomic E-state index is 13.8. The molecule has 1 aliphatic carbocycles. The largest absolute Gasteiger partial charge is 0.443 e. The number of anilines is 5. The van der Waals surface area contributed by atoms with Crippen molar-refractivity contribution < 1.29 is 14.3 Å². The molecule has 1 N–H and O–H groups in total. The monoisotopic (exact) mass is 610 g/mol. The third kappa shape index (κ3) is 5.54. The molecule has 2 aromatic carbocycles. The molecule has 11 nitrogen and oxygen atoms in total. The van der Waals surface area contributed by atoms with Gasteiger partial charge >= 0.3 is 12.1 Å². The lowest BCUT2D eigenvalue weighted by Crippen LogP contribution is -2.53. The summed E-state index contributed by atoms with van der Waals surface area (Å²) in [5, 5.41) is 3.32. The highest BCUT2D eigenvalue weighted by Crippen LogP contribution is 2.44. The molecule has 1 atom stereocenters. The Balaban J connectivity index is 1.06. The molecular formula is C34H42N8O3. The first-order valence-corrected chi connectivity index (χ1v) is 15.8. The Morgan fingerprint density at radius 3 is 2.51 bits per heavy atom. The number of nitrogens with one attached hydrogen (secondary N) is 1. The molecule has 1 aromatic heterocycles. The molecule has 0 bridgehead atoms. The number of likely N-dealkylation sites (N-methyl/N-ethyl adjacent to an activating group) is 1. The Bertz CT molecular complexity index is 1620. The van der Waals surface area contributed by atoms with Crippen LogP contribution in [0.4, 0.5) is 38.4 Å². The third-order valence-corrected chi connectivity index (χ3v) is 9.55. The topological polar surface area (TPSA) is 97.4 Å². The van der Waals surface area contributed by atoms with Crippen LogP contribution in [-0.2, 0) is 11.3 Å². The number of carbonyl (C=O) groups excluding carboxylic acids is 2. The second kappa shape index (κ2) is 10.9. The molecule has 3 aliphatic heterocycles. The van der Waals surface area contributed by atoms with Crippen molar-refractivity contribution in [1.82, 2.24) is 19.8 Å². The van der Waals surface area contributed by atoms with Gasteiger partial charge in [0, 0.05) is 61.9 Å². The predicted molar refractivity (Wildman–Crippen MR) is 175 cm³/mol. The van der Waals surface area contributed by atoms with Crippen LogP contribution in [0, 0.1) is 0 Å². The van der Waals surface area contributed by atoms with Gasteiger partial charge in [-0.2, -0.15) is 4.98 Å². The van der Waals surface area contributed by atoms with Crippen LogP contribution in [0.5, 0.6) is 0 Å². The summed E-state index contributed by atoms with van der Waals surface area (Å²) in [4.78, 5) is 46.3. The van der Waals surface area contributed by atoms with E-state index in [1.165, 1.54) is 18.5 Å². The molecule has 45 heavy (non-hydrogen) atoms. The first-order valence-electron chi connectivity index (χ1n) is 15.8. The molecule has 0 radical (unpaired) electrons. The molecule has 4 heterocycles. The van der Waals surface area contributed by atoms with Gasteiger partial charge in [0.25, 0.3) is 0 Å². The standard InChI is InChI=1S/C34H42N8O3/c1-33(2,3)45-32(44)41-17-14-28(26-8-6-7-9-27(26)41)42-21-23-20-35-30(37-29(23)39(5)31(42)43)36-24-10-12-25(13-11-24)40-19-18-38(4)34(22-40)15-16-34/h6-13,20,28H,14-19,21-22H2,1-5H3,(H,35,36,37). The Kier molecular flexibility index (Phi) is 7.11. The van der Waals surface area contributed by atoms with Crippen LogP contribution in [0.15, 0.2) is 54.7 Å². The molecule has 236 valence electrons. The van der Waals surface area contributed by atoms with Gasteiger partial charge < -0.3 is 19.9 Å². The molecule has 1 saturated heterocycles. The number of hydrogen-bond donors (Lipinski definition) is 1. The summed E-state index contributed by atoms with van der Waals surface area (Å²) in [7, 11) is 4.00. The summed E-state index contributed by atoms with van der Waals surface area (Å²) >= 11 is 0. The SMILES string of the molecule is CN1C(=O)N(C2CCN(C(=O)OC(C)(C)C)c3ccccc32)Cc2cnc(Nc3ccc(N4CCN(C)C5(CC5)C4)cc3)nc21. The minimum absolute atomic E-state index is 0.136. The number of piperazine rings is 1. The van der Waals surface area contributed by atoms with Gasteiger partial charge in [0.2, 0.25) is 5.95 Å². The van der Waals surface area contributed by atoms with Crippen LogP contribution < -0.4 is 20.0 Å². The molecular weight excluding hydrogens is 568 g/mol. The van der Waals surface area contributed by atoms with Crippen molar-refractivity contribution in [1.29, 1.82) is 0 Å². The predicted octanol–water partition coefficient (Wildman–Crippen LogP) is 5.76. The summed E-state index contributed by atoms with van der Waals surface area (Å²) in [5.74, 6) is 1.04. The second-order valence-corrected chi connectivity index (χ2v) is 13.7. The Morgan fingerprint density at radius 2 is 1.78 bits per heavy atom. The van der Waals surface area contributed by atoms with E-state index in [-0.39, 0.29) is 18.2 Å². The average molecular weight is 611 g/mol. The van der Waals surface area contributed by atoms with Crippen molar-refractivity contribution >= 4 is 41.0 Å². The normalized spacial score (nSPS) is 21.0. The molecule has 1 saturated carbocycles. The number of para-hydroxylation sites is 1. The summed E-state index contributed by atoms with van der Waals surface area (Å²) in [6.07, 6.45) is 4.58. The number of amides is 3. The highest BCUT2D eigenvalue weighted by Gasteiger charge is 2.49. The van der Waals surface area contributed by atoms with Gasteiger partial charge in [-0.15, -0.1) is 0 Å². The fourth-order valence-electron chi connectivity index (χ4n) is 6.86. The van der Waals surface area contributed by atoms with E-state index in [9.17, 15) is 9.59 Å². The van der Waals surface area contributed by atoms with Gasteiger partial charge in [-0.1, -0.05) is 18.2 Å². The van der Waals surface area contributed by atoms with E-state index in [2.05, 4.69) is 51.4 Å². The van der Waals surface area contributed by atoms with E-state index < -0.39 is 5.60 Å². The summed E-state index contributed by atoms with van der Waals surface area (Å²) in [6, 6.07) is 15.9. The van der Waals surface area contributed by atoms with Crippen LogP contribution >= 0.6 is 0 Å². The molecule has 4 aliphatic rings. The van der Waals surface area contributed by atoms with Gasteiger partial charge in [0.1, 0.15) is 11.4 Å². The number of rotatable bonds is 4. The second-order valence-electron chi connectivity index (χ2n) is 13.7. The lowest BCUT2D eigenvalue weighted by Gasteiger charge is -2.43. The number of carbonyl (C=O) groups is 2. The highest BCUT2D eigenvalue weighted by molar-refractivity contribution is 5.94. The molecule has 1 spiro atoms. The van der Waals surface area contributed by atoms with Crippen molar-refractivity contribution in [3.8, 4) is 0 Å². The van der Waals surface area contributed by atoms with Crippen LogP contribution in [0.25, 0.3) is 0 Å². The van der Waals surface area contributed by atoms with Gasteiger partial charge in [0.05, 0.1) is 18.3 Å². The van der Waals surface area contributed by atoms with E-state index in [1.54, 1.807) is 23.0 Å². The third-order valence-electron chi connectivity index (χ3n) is 9.55. The minimum Gasteiger partial charge on any atom is -0.443 e. The zero-order valence-corrected chi connectivity index (χ0v) is 26.8. The van der Waals surface area contributed by atoms with E-state index in [0.29, 0.717) is 36.8 Å². The van der Waals surface area contributed by atoms with Crippen LogP contribution in [0.3, 0.4) is 0 Å². The van der Waals surface area contributed by atoms with Crippen molar-refractivity contribution in [2.24, 2.45) is 0 Å². The molecule has 7 rings (SSSR count). The quantitative estimate of drug-likeness (QED) is 0.398. The average Bonchev–Trinajstić information content (AvgIpc) is 3.80. The molecule has 11 heteroatoms. The van der Waals surface area contributed by atoms with Crippen LogP contribution in [0.1, 0.15) is 57.2 Å². The molecule has 1 unspecified atom stereocenters. The number of benzene rings is 2. The smallest absolute Gasteiger partial charge is 0.414 e. The van der Waals surface area contributed by atoms with E-state index in [0.717, 1.165) is 42.1 Å². The zero-order chi connectivity index (χ0) is 31.5. The molecule has 3 amide bonds. The number of urea groups is 1. The Labute approximate surface area is 264 Å². The molecule has 2 fully saturated rings. The van der Waals surface area contributed by atoms with E-state index >= 15 is 0 Å². The maximum absolute atomic E-state index is 13.8. The van der Waals surface area contributed by atoms with Gasteiger partial charge in [-0.3, -0.25) is 14.7 Å². The van der Waals surface area contributed by atoms with Gasteiger partial charge in [-0.25, -0.2) is 14.6 Å². The minimum atomic E-state index is -0.598. The van der Waals surface area contributed by atoms with Crippen molar-refractivity contribution in [3.63, 3.8) is 0 Å². The summed E-state index contributed by atoms with van der Waals surface area (Å²) in [5.41, 5.74) is 4.46. The number of ether oxygens (including phenoxy) is 1. The van der Waals surface area contributed by atoms with Crippen molar-refractivity contribution in [2.75, 3.05) is 60.3 Å². The maximum Gasteiger partial charge on any atom is 0.414 e. The van der Waals surface area contributed by atoms with Gasteiger partial charge in [0.15, 0.2) is 0 Å². The first kappa shape index (κ1) is 29.3. The molecule has 3 aromatic rings. The zero-order valence-electron chi connectivity index (χ0n) is 26.8. The lowest BCUT2D eigenvalue weighted by molar-refractivity contribution is 0.0572. The fourth-order valence-corrected chi connectivity index (χ4v) is 6.86. The number of nitrogens with zero attached hydrogens (tertiary/aromatic N) is 7. The Hall–Kier alpha value is -4.38. The lowest BCUT2D eigenvalue weighted by atomic mass is 9.94. The van der Waals surface area contributed by atoms with E-state index in [4.69, 9.17) is 9.72 Å². The number of hydrogen-bond acceptors (Lipinski definition) is 8. The van der Waals surface area contributed by atoms with Crippen molar-refractivity contribution in [2.45, 2.75) is 63.8 Å². The van der Waals surface area contributed by atoms with Gasteiger partial charge in [-0.05, 0) is 83.0 Å². The number of fused-ring (bicyclic) bond motifs is 2. The summed E-state index contributed by atoms with van der Waals surface area (Å²) in [6.45, 7) is 9.61. The van der Waals surface area contributed by atoms with E-state index in [1.807, 2.05) is 49.9 Å². The van der Waals surface area contributed by atoms with Crippen molar-refractivity contribution in [3.05, 3.63) is 65.9 Å².